The Morgan fingerprint density at radius 1 is 0.760 bits per heavy atom. The summed E-state index contributed by atoms with van der Waals surface area (Å²) in [7, 11) is 0. The summed E-state index contributed by atoms with van der Waals surface area (Å²) in [6, 6.07) is 28.9. The Hall–Kier alpha value is -2.58. The SMILES string of the molecule is CCN([C@H](c1ccccc1)c1ccccc1O)[C@H](C)c1ccccc1. The minimum atomic E-state index is 0.00241. The number of nitrogens with zero attached hydrogens (tertiary/aromatic N) is 1. The number of phenolic OH excluding ortho intramolecular Hbond substituents is 1. The monoisotopic (exact) mass is 331 g/mol. The van der Waals surface area contributed by atoms with E-state index in [1.165, 1.54) is 11.1 Å². The minimum absolute atomic E-state index is 0.00241. The van der Waals surface area contributed by atoms with E-state index in [1.54, 1.807) is 6.07 Å². The first-order valence-corrected chi connectivity index (χ1v) is 8.86. The molecule has 1 N–H and O–H groups in total. The second-order valence-electron chi connectivity index (χ2n) is 6.29. The van der Waals surface area contributed by atoms with Gasteiger partial charge < -0.3 is 5.11 Å². The maximum absolute atomic E-state index is 10.5. The molecule has 0 unspecified atom stereocenters. The van der Waals surface area contributed by atoms with Crippen LogP contribution >= 0.6 is 0 Å². The van der Waals surface area contributed by atoms with E-state index in [0.29, 0.717) is 5.75 Å². The molecule has 2 atom stereocenters. The van der Waals surface area contributed by atoms with Crippen molar-refractivity contribution in [3.8, 4) is 5.75 Å². The summed E-state index contributed by atoms with van der Waals surface area (Å²) in [4.78, 5) is 2.43. The summed E-state index contributed by atoms with van der Waals surface area (Å²) in [6.07, 6.45) is 0. The van der Waals surface area contributed by atoms with Crippen LogP contribution < -0.4 is 0 Å². The van der Waals surface area contributed by atoms with Gasteiger partial charge in [-0.05, 0) is 30.7 Å². The van der Waals surface area contributed by atoms with Crippen LogP contribution in [-0.4, -0.2) is 16.6 Å². The third-order valence-electron chi connectivity index (χ3n) is 4.82. The number of benzene rings is 3. The van der Waals surface area contributed by atoms with Crippen LogP contribution in [0.25, 0.3) is 0 Å². The summed E-state index contributed by atoms with van der Waals surface area (Å²) >= 11 is 0. The normalized spacial score (nSPS) is 13.6. The first-order valence-electron chi connectivity index (χ1n) is 8.86. The molecule has 0 aliphatic heterocycles. The Morgan fingerprint density at radius 2 is 1.28 bits per heavy atom. The fourth-order valence-corrected chi connectivity index (χ4v) is 3.51. The molecule has 25 heavy (non-hydrogen) atoms. The fourth-order valence-electron chi connectivity index (χ4n) is 3.51. The van der Waals surface area contributed by atoms with Crippen LogP contribution in [0.4, 0.5) is 0 Å². The molecule has 0 aliphatic rings. The molecule has 0 heterocycles. The molecule has 0 bridgehead atoms. The third kappa shape index (κ3) is 3.75. The van der Waals surface area contributed by atoms with Crippen molar-refractivity contribution < 1.29 is 5.11 Å². The maximum Gasteiger partial charge on any atom is 0.120 e. The van der Waals surface area contributed by atoms with Crippen molar-refractivity contribution in [2.45, 2.75) is 25.9 Å². The molecule has 0 fully saturated rings. The van der Waals surface area contributed by atoms with E-state index in [9.17, 15) is 5.11 Å². The third-order valence-corrected chi connectivity index (χ3v) is 4.82. The number of para-hydroxylation sites is 1. The predicted molar refractivity (Wildman–Crippen MR) is 104 cm³/mol. The van der Waals surface area contributed by atoms with Gasteiger partial charge in [-0.25, -0.2) is 0 Å². The van der Waals surface area contributed by atoms with Gasteiger partial charge in [0.1, 0.15) is 5.75 Å². The van der Waals surface area contributed by atoms with Crippen LogP contribution in [0.2, 0.25) is 0 Å². The van der Waals surface area contributed by atoms with Crippen molar-refractivity contribution >= 4 is 0 Å². The van der Waals surface area contributed by atoms with Crippen molar-refractivity contribution in [2.24, 2.45) is 0 Å². The molecule has 128 valence electrons. The van der Waals surface area contributed by atoms with Crippen LogP contribution in [0.5, 0.6) is 5.75 Å². The summed E-state index contributed by atoms with van der Waals surface area (Å²) < 4.78 is 0. The number of hydrogen-bond acceptors (Lipinski definition) is 2. The van der Waals surface area contributed by atoms with E-state index in [2.05, 4.69) is 67.3 Å². The molecule has 2 nitrogen and oxygen atoms in total. The second kappa shape index (κ2) is 8.00. The van der Waals surface area contributed by atoms with E-state index >= 15 is 0 Å². The highest BCUT2D eigenvalue weighted by Crippen LogP contribution is 2.38. The number of hydrogen-bond donors (Lipinski definition) is 1. The summed E-state index contributed by atoms with van der Waals surface area (Å²) in [5, 5.41) is 10.5. The lowest BCUT2D eigenvalue weighted by molar-refractivity contribution is 0.174. The smallest absolute Gasteiger partial charge is 0.120 e. The molecule has 0 aromatic heterocycles. The first kappa shape index (κ1) is 17.2. The molecule has 0 amide bonds. The Kier molecular flexibility index (Phi) is 5.52. The van der Waals surface area contributed by atoms with Crippen molar-refractivity contribution in [2.75, 3.05) is 6.54 Å². The van der Waals surface area contributed by atoms with Gasteiger partial charge in [0.25, 0.3) is 0 Å². The molecule has 2 heteroatoms. The van der Waals surface area contributed by atoms with E-state index in [4.69, 9.17) is 0 Å². The van der Waals surface area contributed by atoms with Crippen LogP contribution in [-0.2, 0) is 0 Å². The number of aromatic hydroxyl groups is 1. The van der Waals surface area contributed by atoms with Crippen molar-refractivity contribution in [1.29, 1.82) is 0 Å². The van der Waals surface area contributed by atoms with Gasteiger partial charge in [-0.15, -0.1) is 0 Å². The van der Waals surface area contributed by atoms with Crippen LogP contribution in [0.1, 0.15) is 42.6 Å². The highest BCUT2D eigenvalue weighted by molar-refractivity contribution is 5.41. The first-order chi connectivity index (χ1) is 12.2. The van der Waals surface area contributed by atoms with Gasteiger partial charge in [-0.1, -0.05) is 85.8 Å². The van der Waals surface area contributed by atoms with Crippen molar-refractivity contribution in [3.63, 3.8) is 0 Å². The lowest BCUT2D eigenvalue weighted by Gasteiger charge is -2.37. The molecule has 3 aromatic rings. The average Bonchev–Trinajstić information content (AvgIpc) is 2.68. The standard InChI is InChI=1S/C23H25NO/c1-3-24(18(2)19-12-6-4-7-13-19)23(20-14-8-5-9-15-20)21-16-10-11-17-22(21)25/h4-18,23,25H,3H2,1-2H3/t18-,23-/m1/s1. The van der Waals surface area contributed by atoms with Gasteiger partial charge in [0, 0.05) is 11.6 Å². The Labute approximate surface area is 150 Å². The van der Waals surface area contributed by atoms with E-state index < -0.39 is 0 Å². The largest absolute Gasteiger partial charge is 0.508 e. The zero-order valence-electron chi connectivity index (χ0n) is 14.8. The predicted octanol–water partition coefficient (Wildman–Crippen LogP) is 5.56. The molecule has 0 spiro atoms. The van der Waals surface area contributed by atoms with Gasteiger partial charge in [0.2, 0.25) is 0 Å². The zero-order chi connectivity index (χ0) is 17.6. The highest BCUT2D eigenvalue weighted by atomic mass is 16.3. The summed E-state index contributed by atoms with van der Waals surface area (Å²) in [6.45, 7) is 5.29. The van der Waals surface area contributed by atoms with Crippen molar-refractivity contribution in [1.82, 2.24) is 4.90 Å². The Balaban J connectivity index is 2.08. The van der Waals surface area contributed by atoms with E-state index in [-0.39, 0.29) is 12.1 Å². The van der Waals surface area contributed by atoms with Crippen LogP contribution in [0, 0.1) is 0 Å². The molecule has 0 radical (unpaired) electrons. The summed E-state index contributed by atoms with van der Waals surface area (Å²) in [5.74, 6) is 0.343. The van der Waals surface area contributed by atoms with Gasteiger partial charge >= 0.3 is 0 Å². The van der Waals surface area contributed by atoms with Gasteiger partial charge in [0.15, 0.2) is 0 Å². The molecular weight excluding hydrogens is 306 g/mol. The maximum atomic E-state index is 10.5. The Bertz CT molecular complexity index is 785. The van der Waals surface area contributed by atoms with E-state index in [0.717, 1.165) is 12.1 Å². The molecule has 3 rings (SSSR count). The van der Waals surface area contributed by atoms with Gasteiger partial charge in [0.05, 0.1) is 6.04 Å². The number of phenols is 1. The second-order valence-corrected chi connectivity index (χ2v) is 6.29. The topological polar surface area (TPSA) is 23.5 Å². The molecule has 3 aromatic carbocycles. The lowest BCUT2D eigenvalue weighted by atomic mass is 9.93. The number of rotatable bonds is 6. The zero-order valence-corrected chi connectivity index (χ0v) is 14.8. The van der Waals surface area contributed by atoms with Crippen molar-refractivity contribution in [3.05, 3.63) is 102 Å². The fraction of sp³-hybridized carbons (Fsp3) is 0.217. The highest BCUT2D eigenvalue weighted by Gasteiger charge is 2.27. The van der Waals surface area contributed by atoms with Gasteiger partial charge in [-0.3, -0.25) is 4.90 Å². The minimum Gasteiger partial charge on any atom is -0.508 e. The lowest BCUT2D eigenvalue weighted by Crippen LogP contribution is -2.32. The van der Waals surface area contributed by atoms with E-state index in [1.807, 2.05) is 30.3 Å². The average molecular weight is 331 g/mol. The van der Waals surface area contributed by atoms with Gasteiger partial charge in [-0.2, -0.15) is 0 Å². The molecular formula is C23H25NO. The summed E-state index contributed by atoms with van der Waals surface area (Å²) in [5.41, 5.74) is 3.41. The molecule has 0 saturated heterocycles. The van der Waals surface area contributed by atoms with Crippen LogP contribution in [0.3, 0.4) is 0 Å². The van der Waals surface area contributed by atoms with Crippen LogP contribution in [0.15, 0.2) is 84.9 Å². The Morgan fingerprint density at radius 3 is 1.84 bits per heavy atom. The quantitative estimate of drug-likeness (QED) is 0.639. The molecule has 0 aliphatic carbocycles. The molecule has 0 saturated carbocycles.